The Labute approximate surface area is 119 Å². The van der Waals surface area contributed by atoms with E-state index in [0.717, 1.165) is 22.7 Å². The summed E-state index contributed by atoms with van der Waals surface area (Å²) in [6.45, 7) is 8.82. The molecule has 0 saturated carbocycles. The lowest BCUT2D eigenvalue weighted by Crippen LogP contribution is -2.49. The zero-order chi connectivity index (χ0) is 13.3. The van der Waals surface area contributed by atoms with E-state index in [1.165, 1.54) is 11.3 Å². The van der Waals surface area contributed by atoms with E-state index in [1.54, 1.807) is 11.3 Å². The molecular formula is C14H23ClN2S. The van der Waals surface area contributed by atoms with E-state index in [-0.39, 0.29) is 0 Å². The van der Waals surface area contributed by atoms with Gasteiger partial charge in [-0.05, 0) is 37.3 Å². The molecule has 4 atom stereocenters. The lowest BCUT2D eigenvalue weighted by Gasteiger charge is -2.44. The lowest BCUT2D eigenvalue weighted by atomic mass is 9.85. The number of piperidine rings is 1. The first-order chi connectivity index (χ1) is 8.52. The van der Waals surface area contributed by atoms with Crippen molar-refractivity contribution in [3.63, 3.8) is 0 Å². The van der Waals surface area contributed by atoms with Gasteiger partial charge in [0.25, 0.3) is 0 Å². The number of hydrogen-bond donors (Lipinski definition) is 1. The van der Waals surface area contributed by atoms with Crippen LogP contribution in [0.3, 0.4) is 0 Å². The van der Waals surface area contributed by atoms with Crippen molar-refractivity contribution in [1.82, 2.24) is 4.90 Å². The molecule has 4 heteroatoms. The Morgan fingerprint density at radius 3 is 2.72 bits per heavy atom. The Bertz CT molecular complexity index is 393. The summed E-state index contributed by atoms with van der Waals surface area (Å²) in [5.41, 5.74) is 6.02. The highest BCUT2D eigenvalue weighted by atomic mass is 35.5. The highest BCUT2D eigenvalue weighted by Gasteiger charge is 2.33. The molecule has 102 valence electrons. The van der Waals surface area contributed by atoms with E-state index in [4.69, 9.17) is 17.3 Å². The summed E-state index contributed by atoms with van der Waals surface area (Å²) in [5, 5.41) is 0. The van der Waals surface area contributed by atoms with Crippen LogP contribution in [0.2, 0.25) is 4.34 Å². The summed E-state index contributed by atoms with van der Waals surface area (Å²) in [6, 6.07) is 5.02. The first kappa shape index (κ1) is 14.3. The summed E-state index contributed by atoms with van der Waals surface area (Å²) >= 11 is 7.72. The standard InChI is InChI=1S/C14H23ClN2S/c1-9-6-10(2)11(3)17(8-9)12(7-16)13-4-5-14(15)18-13/h4-5,9-12H,6-8,16H2,1-3H3. The molecule has 0 aromatic carbocycles. The van der Waals surface area contributed by atoms with E-state index < -0.39 is 0 Å². The third-order valence-electron chi connectivity index (χ3n) is 4.19. The smallest absolute Gasteiger partial charge is 0.0931 e. The zero-order valence-corrected chi connectivity index (χ0v) is 13.0. The van der Waals surface area contributed by atoms with Crippen molar-refractivity contribution in [3.8, 4) is 0 Å². The summed E-state index contributed by atoms with van der Waals surface area (Å²) in [5.74, 6) is 1.49. The van der Waals surface area contributed by atoms with Gasteiger partial charge < -0.3 is 5.73 Å². The molecule has 2 nitrogen and oxygen atoms in total. The lowest BCUT2D eigenvalue weighted by molar-refractivity contribution is 0.0437. The summed E-state index contributed by atoms with van der Waals surface area (Å²) < 4.78 is 0.856. The van der Waals surface area contributed by atoms with E-state index in [1.807, 2.05) is 6.07 Å². The maximum atomic E-state index is 6.05. The average molecular weight is 287 g/mol. The molecule has 0 radical (unpaired) electrons. The van der Waals surface area contributed by atoms with Crippen LogP contribution in [0.4, 0.5) is 0 Å². The van der Waals surface area contributed by atoms with Crippen molar-refractivity contribution < 1.29 is 0 Å². The predicted molar refractivity (Wildman–Crippen MR) is 80.2 cm³/mol. The quantitative estimate of drug-likeness (QED) is 0.916. The fourth-order valence-electron chi connectivity index (χ4n) is 3.09. The van der Waals surface area contributed by atoms with Crippen LogP contribution in [0.15, 0.2) is 12.1 Å². The number of thiophene rings is 1. The fraction of sp³-hybridized carbons (Fsp3) is 0.714. The highest BCUT2D eigenvalue weighted by Crippen LogP contribution is 2.36. The number of likely N-dealkylation sites (tertiary alicyclic amines) is 1. The van der Waals surface area contributed by atoms with Crippen LogP contribution < -0.4 is 5.73 Å². The zero-order valence-electron chi connectivity index (χ0n) is 11.4. The second kappa shape index (κ2) is 5.91. The molecule has 1 saturated heterocycles. The first-order valence-electron chi connectivity index (χ1n) is 6.74. The van der Waals surface area contributed by atoms with Gasteiger partial charge in [0.15, 0.2) is 0 Å². The van der Waals surface area contributed by atoms with E-state index in [2.05, 4.69) is 31.7 Å². The first-order valence-corrected chi connectivity index (χ1v) is 7.93. The second-order valence-electron chi connectivity index (χ2n) is 5.65. The van der Waals surface area contributed by atoms with Crippen LogP contribution in [0.1, 0.15) is 38.1 Å². The molecule has 0 amide bonds. The van der Waals surface area contributed by atoms with Gasteiger partial charge in [-0.2, -0.15) is 0 Å². The molecule has 1 aliphatic heterocycles. The summed E-state index contributed by atoms with van der Waals surface area (Å²) in [4.78, 5) is 3.87. The second-order valence-corrected chi connectivity index (χ2v) is 7.40. The van der Waals surface area contributed by atoms with Crippen LogP contribution in [0.5, 0.6) is 0 Å². The molecule has 2 rings (SSSR count). The molecular weight excluding hydrogens is 264 g/mol. The van der Waals surface area contributed by atoms with E-state index >= 15 is 0 Å². The molecule has 0 aliphatic carbocycles. The van der Waals surface area contributed by atoms with Gasteiger partial charge in [0.2, 0.25) is 0 Å². The van der Waals surface area contributed by atoms with Crippen LogP contribution in [0.25, 0.3) is 0 Å². The van der Waals surface area contributed by atoms with Crippen LogP contribution in [0, 0.1) is 11.8 Å². The summed E-state index contributed by atoms with van der Waals surface area (Å²) in [6.07, 6.45) is 1.32. The van der Waals surface area contributed by atoms with Crippen molar-refractivity contribution in [2.75, 3.05) is 13.1 Å². The van der Waals surface area contributed by atoms with Gasteiger partial charge in [0.1, 0.15) is 0 Å². The van der Waals surface area contributed by atoms with Gasteiger partial charge in [-0.1, -0.05) is 25.4 Å². The molecule has 18 heavy (non-hydrogen) atoms. The molecule has 0 spiro atoms. The Morgan fingerprint density at radius 2 is 2.17 bits per heavy atom. The van der Waals surface area contributed by atoms with Gasteiger partial charge in [0, 0.05) is 24.0 Å². The van der Waals surface area contributed by atoms with Crippen LogP contribution >= 0.6 is 22.9 Å². The summed E-state index contributed by atoms with van der Waals surface area (Å²) in [7, 11) is 0. The average Bonchev–Trinajstić information content (AvgIpc) is 2.73. The number of nitrogens with two attached hydrogens (primary N) is 1. The van der Waals surface area contributed by atoms with Crippen molar-refractivity contribution >= 4 is 22.9 Å². The number of nitrogens with zero attached hydrogens (tertiary/aromatic N) is 1. The largest absolute Gasteiger partial charge is 0.329 e. The minimum Gasteiger partial charge on any atom is -0.329 e. The van der Waals surface area contributed by atoms with Crippen molar-refractivity contribution in [1.29, 1.82) is 0 Å². The number of rotatable bonds is 3. The Morgan fingerprint density at radius 1 is 1.44 bits per heavy atom. The molecule has 1 aliphatic rings. The van der Waals surface area contributed by atoms with Crippen LogP contribution in [-0.4, -0.2) is 24.0 Å². The minimum atomic E-state index is 0.322. The van der Waals surface area contributed by atoms with Crippen LogP contribution in [-0.2, 0) is 0 Å². The maximum absolute atomic E-state index is 6.05. The molecule has 2 N–H and O–H groups in total. The van der Waals surface area contributed by atoms with Crippen molar-refractivity contribution in [2.45, 2.75) is 39.3 Å². The molecule has 0 bridgehead atoms. The Balaban J connectivity index is 2.20. The molecule has 4 unspecified atom stereocenters. The van der Waals surface area contributed by atoms with Gasteiger partial charge in [-0.3, -0.25) is 4.90 Å². The van der Waals surface area contributed by atoms with Gasteiger partial charge in [0.05, 0.1) is 10.4 Å². The SMILES string of the molecule is CC1CC(C)C(C)N(C(CN)c2ccc(Cl)s2)C1. The van der Waals surface area contributed by atoms with E-state index in [9.17, 15) is 0 Å². The maximum Gasteiger partial charge on any atom is 0.0931 e. The number of hydrogen-bond acceptors (Lipinski definition) is 3. The van der Waals surface area contributed by atoms with Gasteiger partial charge >= 0.3 is 0 Å². The third-order valence-corrected chi connectivity index (χ3v) is 5.52. The van der Waals surface area contributed by atoms with Gasteiger partial charge in [-0.25, -0.2) is 0 Å². The molecule has 2 heterocycles. The monoisotopic (exact) mass is 286 g/mol. The molecule has 1 aromatic rings. The highest BCUT2D eigenvalue weighted by molar-refractivity contribution is 7.16. The Kier molecular flexibility index (Phi) is 4.70. The molecule has 1 aromatic heterocycles. The topological polar surface area (TPSA) is 29.3 Å². The minimum absolute atomic E-state index is 0.322. The molecule has 1 fully saturated rings. The Hall–Kier alpha value is -0.0900. The van der Waals surface area contributed by atoms with Gasteiger partial charge in [-0.15, -0.1) is 11.3 Å². The normalized spacial score (nSPS) is 31.5. The van der Waals surface area contributed by atoms with Crippen molar-refractivity contribution in [2.24, 2.45) is 17.6 Å². The van der Waals surface area contributed by atoms with Crippen molar-refractivity contribution in [3.05, 3.63) is 21.3 Å². The predicted octanol–water partition coefficient (Wildman–Crippen LogP) is 3.77. The number of halogens is 1. The third kappa shape index (κ3) is 2.90. The van der Waals surface area contributed by atoms with E-state index in [0.29, 0.717) is 18.6 Å². The fourth-order valence-corrected chi connectivity index (χ4v) is 4.29.